The Balaban J connectivity index is 0.000000268. The van der Waals surface area contributed by atoms with Gasteiger partial charge in [-0.05, 0) is 33.8 Å². The van der Waals surface area contributed by atoms with Gasteiger partial charge in [0.05, 0.1) is 18.3 Å². The normalized spacial score (nSPS) is 16.2. The smallest absolute Gasteiger partial charge is 0.481 e. The van der Waals surface area contributed by atoms with E-state index in [9.17, 15) is 0 Å². The third-order valence-electron chi connectivity index (χ3n) is 4.37. The molecule has 10 heteroatoms. The number of hydrogen-bond donors (Lipinski definition) is 2. The van der Waals surface area contributed by atoms with Crippen molar-refractivity contribution in [1.29, 1.82) is 0 Å². The van der Waals surface area contributed by atoms with Crippen molar-refractivity contribution in [2.45, 2.75) is 52.7 Å². The quantitative estimate of drug-likeness (QED) is 0.735. The zero-order valence-corrected chi connectivity index (χ0v) is 17.6. The molecule has 3 heterocycles. The number of aromatic nitrogens is 3. The van der Waals surface area contributed by atoms with Crippen LogP contribution >= 0.6 is 0 Å². The fourth-order valence-corrected chi connectivity index (χ4v) is 2.08. The highest BCUT2D eigenvalue weighted by Crippen LogP contribution is 2.36. The van der Waals surface area contributed by atoms with E-state index in [1.165, 1.54) is 25.7 Å². The maximum absolute atomic E-state index is 8.66. The summed E-state index contributed by atoms with van der Waals surface area (Å²) < 4.78 is 16.5. The fraction of sp³-hybridized carbons (Fsp3) is 0.500. The van der Waals surface area contributed by atoms with Crippen molar-refractivity contribution in [2.24, 2.45) is 0 Å². The van der Waals surface area contributed by atoms with E-state index in [1.54, 1.807) is 18.5 Å². The van der Waals surface area contributed by atoms with Gasteiger partial charge in [0.2, 0.25) is 5.88 Å². The molecule has 0 aliphatic carbocycles. The molecule has 152 valence electrons. The summed E-state index contributed by atoms with van der Waals surface area (Å²) in [5.74, 6) is 0.453. The molecule has 1 aliphatic heterocycles. The number of pyridine rings is 1. The summed E-state index contributed by atoms with van der Waals surface area (Å²) in [5, 5.41) is 17.3. The van der Waals surface area contributed by atoms with Gasteiger partial charge in [-0.15, -0.1) is 0 Å². The summed E-state index contributed by atoms with van der Waals surface area (Å²) in [6.07, 6.45) is 6.28. The first kappa shape index (κ1) is 24.0. The summed E-state index contributed by atoms with van der Waals surface area (Å²) >= 11 is 0. The second kappa shape index (κ2) is 10.5. The second-order valence-electron chi connectivity index (χ2n) is 6.77. The molecule has 28 heavy (non-hydrogen) atoms. The Bertz CT molecular complexity index is 684. The third kappa shape index (κ3) is 6.27. The first-order valence-corrected chi connectivity index (χ1v) is 9.13. The lowest BCUT2D eigenvalue weighted by molar-refractivity contribution is 0.00578. The number of hydrogen-bond acceptors (Lipinski definition) is 8. The number of methoxy groups -OCH3 is 1. The monoisotopic (exact) mass is 389 g/mol. The molecule has 0 saturated carbocycles. The molecule has 3 rings (SSSR count). The van der Waals surface area contributed by atoms with Crippen molar-refractivity contribution in [1.82, 2.24) is 15.0 Å². The molecule has 2 N–H and O–H groups in total. The predicted octanol–water partition coefficient (Wildman–Crippen LogP) is 0.572. The van der Waals surface area contributed by atoms with Crippen LogP contribution in [0.1, 0.15) is 41.5 Å². The summed E-state index contributed by atoms with van der Waals surface area (Å²) in [6, 6.07) is 3.10. The number of ether oxygens (including phenoxy) is 1. The molecule has 2 aromatic rings. The highest BCUT2D eigenvalue weighted by molar-refractivity contribution is 6.61. The van der Waals surface area contributed by atoms with Gasteiger partial charge in [0.1, 0.15) is 6.33 Å². The van der Waals surface area contributed by atoms with E-state index in [-0.39, 0.29) is 18.3 Å². The number of nitrogens with zero attached hydrogens (tertiary/aromatic N) is 3. The molecule has 0 atom stereocenters. The van der Waals surface area contributed by atoms with E-state index in [0.717, 1.165) is 5.46 Å². The van der Waals surface area contributed by atoms with Crippen molar-refractivity contribution in [3.63, 3.8) is 0 Å². The minimum atomic E-state index is -1.46. The van der Waals surface area contributed by atoms with Crippen LogP contribution in [-0.2, 0) is 9.31 Å². The van der Waals surface area contributed by atoms with E-state index in [4.69, 9.17) is 24.1 Å². The van der Waals surface area contributed by atoms with E-state index in [1.807, 2.05) is 41.5 Å². The molecule has 1 fully saturated rings. The summed E-state index contributed by atoms with van der Waals surface area (Å²) in [6.45, 7) is 12.1. The highest BCUT2D eigenvalue weighted by atomic mass is 16.7. The van der Waals surface area contributed by atoms with E-state index >= 15 is 0 Å². The molecule has 0 aromatic carbocycles. The fourth-order valence-electron chi connectivity index (χ4n) is 2.08. The highest BCUT2D eigenvalue weighted by Gasteiger charge is 2.51. The van der Waals surface area contributed by atoms with Crippen LogP contribution in [0.4, 0.5) is 0 Å². The van der Waals surface area contributed by atoms with Crippen LogP contribution < -0.4 is 15.7 Å². The first-order chi connectivity index (χ1) is 13.2. The Kier molecular flexibility index (Phi) is 9.03. The molecule has 8 nitrogen and oxygen atoms in total. The molecule has 0 spiro atoms. The summed E-state index contributed by atoms with van der Waals surface area (Å²) in [5.41, 5.74) is 0.586. The summed E-state index contributed by atoms with van der Waals surface area (Å²) in [4.78, 5) is 11.7. The Hall–Kier alpha value is -2.00. The average molecular weight is 389 g/mol. The second-order valence-corrected chi connectivity index (χ2v) is 6.77. The van der Waals surface area contributed by atoms with Gasteiger partial charge in [0.25, 0.3) is 0 Å². The van der Waals surface area contributed by atoms with E-state index in [2.05, 4.69) is 15.0 Å². The van der Waals surface area contributed by atoms with Crippen molar-refractivity contribution in [2.75, 3.05) is 7.11 Å². The van der Waals surface area contributed by atoms with Gasteiger partial charge in [0.15, 0.2) is 0 Å². The molecule has 0 amide bonds. The predicted molar refractivity (Wildman–Crippen MR) is 110 cm³/mol. The van der Waals surface area contributed by atoms with E-state index < -0.39 is 7.12 Å². The lowest BCUT2D eigenvalue weighted by Crippen LogP contribution is -2.41. The molecule has 0 bridgehead atoms. The molecule has 1 aliphatic rings. The Morgan fingerprint density at radius 1 is 0.964 bits per heavy atom. The maximum atomic E-state index is 8.66. The molecule has 0 radical (unpaired) electrons. The van der Waals surface area contributed by atoms with Crippen LogP contribution in [0.15, 0.2) is 37.1 Å². The number of rotatable bonds is 3. The van der Waals surface area contributed by atoms with Crippen LogP contribution in [0.5, 0.6) is 5.88 Å². The lowest BCUT2D eigenvalue weighted by Gasteiger charge is -2.32. The van der Waals surface area contributed by atoms with Crippen LogP contribution in [0.2, 0.25) is 0 Å². The van der Waals surface area contributed by atoms with Crippen molar-refractivity contribution < 1.29 is 24.1 Å². The molecule has 1 saturated heterocycles. The Labute approximate surface area is 167 Å². The molecule has 0 unspecified atom stereocenters. The SMILES string of the molecule is CC.CC1(C)OB(c2cncnc2)OC1(C)C.COc1ccc(B(O)O)cn1. The maximum Gasteiger partial charge on any atom is 0.498 e. The average Bonchev–Trinajstić information content (AvgIpc) is 2.92. The van der Waals surface area contributed by atoms with Gasteiger partial charge in [0, 0.05) is 29.5 Å². The van der Waals surface area contributed by atoms with Gasteiger partial charge in [-0.2, -0.15) is 0 Å². The molecular formula is C18H29B2N3O5. The van der Waals surface area contributed by atoms with Gasteiger partial charge < -0.3 is 24.1 Å². The largest absolute Gasteiger partial charge is 0.498 e. The van der Waals surface area contributed by atoms with Gasteiger partial charge >= 0.3 is 14.2 Å². The van der Waals surface area contributed by atoms with Crippen molar-refractivity contribution in [3.8, 4) is 5.88 Å². The topological polar surface area (TPSA) is 107 Å². The Morgan fingerprint density at radius 2 is 1.50 bits per heavy atom. The summed E-state index contributed by atoms with van der Waals surface area (Å²) in [7, 11) is -0.332. The minimum Gasteiger partial charge on any atom is -0.481 e. The van der Waals surface area contributed by atoms with Gasteiger partial charge in [-0.1, -0.05) is 19.9 Å². The Morgan fingerprint density at radius 3 is 1.89 bits per heavy atom. The first-order valence-electron chi connectivity index (χ1n) is 9.13. The molecular weight excluding hydrogens is 360 g/mol. The van der Waals surface area contributed by atoms with Crippen LogP contribution in [0.3, 0.4) is 0 Å². The van der Waals surface area contributed by atoms with Crippen molar-refractivity contribution in [3.05, 3.63) is 37.1 Å². The molecule has 2 aromatic heterocycles. The van der Waals surface area contributed by atoms with E-state index in [0.29, 0.717) is 11.3 Å². The zero-order valence-electron chi connectivity index (χ0n) is 17.6. The lowest BCUT2D eigenvalue weighted by atomic mass is 9.81. The van der Waals surface area contributed by atoms with Crippen molar-refractivity contribution >= 4 is 25.2 Å². The third-order valence-corrected chi connectivity index (χ3v) is 4.37. The van der Waals surface area contributed by atoms with Crippen LogP contribution in [0, 0.1) is 0 Å². The van der Waals surface area contributed by atoms with Crippen LogP contribution in [-0.4, -0.2) is 57.5 Å². The minimum absolute atomic E-state index is 0.312. The van der Waals surface area contributed by atoms with Gasteiger partial charge in [-0.3, -0.25) is 0 Å². The standard InChI is InChI=1S/C10H15BN2O2.C6H8BNO3.C2H6/c1-9(2)10(3,4)15-11(14-9)8-5-12-7-13-6-8;1-11-6-3-2-5(4-8-6)7(9)10;1-2/h5-7H,1-4H3;2-4,9-10H,1H3;1-2H3. The zero-order chi connectivity index (χ0) is 21.4. The van der Waals surface area contributed by atoms with Crippen LogP contribution in [0.25, 0.3) is 0 Å². The van der Waals surface area contributed by atoms with Gasteiger partial charge in [-0.25, -0.2) is 15.0 Å².